The number of amides is 2. The van der Waals surface area contributed by atoms with E-state index in [1.54, 1.807) is 36.5 Å². The Morgan fingerprint density at radius 3 is 2.18 bits per heavy atom. The Morgan fingerprint density at radius 2 is 1.50 bits per heavy atom. The maximum atomic E-state index is 13.3. The average molecular weight is 611 g/mol. The van der Waals surface area contributed by atoms with Gasteiger partial charge in [-0.1, -0.05) is 63.2 Å². The van der Waals surface area contributed by atoms with E-state index in [0.717, 1.165) is 28.3 Å². The fourth-order valence-electron chi connectivity index (χ4n) is 4.70. The molecule has 9 nitrogen and oxygen atoms in total. The molecule has 44 heavy (non-hydrogen) atoms. The zero-order valence-electron chi connectivity index (χ0n) is 25.1. The highest BCUT2D eigenvalue weighted by Gasteiger charge is 2.25. The van der Waals surface area contributed by atoms with Gasteiger partial charge in [0.1, 0.15) is 22.2 Å². The van der Waals surface area contributed by atoms with Crippen LogP contribution in [0, 0.1) is 0 Å². The molecular formula is C34H34N4O5S. The number of benzene rings is 4. The standard InChI is InChI=1S/C34H34N4O5S/c1-34(2,3)22-19-28(32(42-4)30(20-22)44(5,40)41)38-33(39)37-27-15-16-29(26-14-10-9-13-25(26)27)43-24-17-18-35-31(21-24)36-23-11-7-6-8-12-23/h6-21H,1-5H3,(H,35,36)(H2,37,38,39). The van der Waals surface area contributed by atoms with Crippen LogP contribution in [0.3, 0.4) is 0 Å². The summed E-state index contributed by atoms with van der Waals surface area (Å²) < 4.78 is 36.9. The molecule has 0 bridgehead atoms. The molecule has 0 atom stereocenters. The van der Waals surface area contributed by atoms with Crippen molar-refractivity contribution in [3.63, 3.8) is 0 Å². The molecule has 0 aliphatic heterocycles. The molecule has 1 aromatic heterocycles. The molecule has 226 valence electrons. The number of fused-ring (bicyclic) bond motifs is 1. The second-order valence-corrected chi connectivity index (χ2v) is 13.3. The first-order valence-corrected chi connectivity index (χ1v) is 15.8. The summed E-state index contributed by atoms with van der Waals surface area (Å²) in [5.41, 5.74) is 2.06. The van der Waals surface area contributed by atoms with Gasteiger partial charge in [0.15, 0.2) is 15.6 Å². The lowest BCUT2D eigenvalue weighted by atomic mass is 9.86. The SMILES string of the molecule is COc1c(NC(=O)Nc2ccc(Oc3ccnc(Nc4ccccc4)c3)c3ccccc23)cc(C(C)(C)C)cc1S(C)(=O)=O. The third kappa shape index (κ3) is 6.92. The Bertz CT molecular complexity index is 1940. The van der Waals surface area contributed by atoms with Crippen LogP contribution in [-0.2, 0) is 15.3 Å². The zero-order chi connectivity index (χ0) is 31.5. The van der Waals surface area contributed by atoms with Gasteiger partial charge in [-0.2, -0.15) is 0 Å². The van der Waals surface area contributed by atoms with Gasteiger partial charge in [-0.25, -0.2) is 18.2 Å². The summed E-state index contributed by atoms with van der Waals surface area (Å²) in [6, 6.07) is 27.2. The van der Waals surface area contributed by atoms with Crippen molar-refractivity contribution in [1.82, 2.24) is 4.98 Å². The minimum atomic E-state index is -3.64. The molecule has 4 aromatic carbocycles. The van der Waals surface area contributed by atoms with Crippen LogP contribution in [0.4, 0.5) is 27.7 Å². The number of hydrogen-bond acceptors (Lipinski definition) is 7. The summed E-state index contributed by atoms with van der Waals surface area (Å²) in [7, 11) is -2.27. The fraction of sp³-hybridized carbons (Fsp3) is 0.176. The summed E-state index contributed by atoms with van der Waals surface area (Å²) in [6.45, 7) is 5.90. The zero-order valence-corrected chi connectivity index (χ0v) is 26.0. The number of nitrogens with one attached hydrogen (secondary N) is 3. The lowest BCUT2D eigenvalue weighted by molar-refractivity contribution is 0.262. The number of anilines is 4. The molecule has 5 aromatic rings. The average Bonchev–Trinajstić information content (AvgIpc) is 2.98. The summed E-state index contributed by atoms with van der Waals surface area (Å²) in [5, 5.41) is 10.5. The van der Waals surface area contributed by atoms with Gasteiger partial charge < -0.3 is 25.4 Å². The number of para-hydroxylation sites is 1. The van der Waals surface area contributed by atoms with Crippen molar-refractivity contribution in [2.24, 2.45) is 0 Å². The Labute approximate surface area is 257 Å². The lowest BCUT2D eigenvalue weighted by Crippen LogP contribution is -2.22. The molecule has 0 aliphatic carbocycles. The monoisotopic (exact) mass is 610 g/mol. The van der Waals surface area contributed by atoms with Crippen molar-refractivity contribution in [3.05, 3.63) is 103 Å². The summed E-state index contributed by atoms with van der Waals surface area (Å²) >= 11 is 0. The van der Waals surface area contributed by atoms with Gasteiger partial charge in [0.2, 0.25) is 0 Å². The van der Waals surface area contributed by atoms with Crippen molar-refractivity contribution >= 4 is 49.5 Å². The first-order valence-electron chi connectivity index (χ1n) is 13.9. The maximum Gasteiger partial charge on any atom is 0.323 e. The van der Waals surface area contributed by atoms with Crippen LogP contribution in [-0.4, -0.2) is 32.8 Å². The van der Waals surface area contributed by atoms with E-state index < -0.39 is 15.9 Å². The summed E-state index contributed by atoms with van der Waals surface area (Å²) in [5.74, 6) is 1.90. The molecule has 0 spiro atoms. The van der Waals surface area contributed by atoms with Crippen molar-refractivity contribution in [3.8, 4) is 17.2 Å². The van der Waals surface area contributed by atoms with Gasteiger partial charge in [-0.05, 0) is 53.4 Å². The van der Waals surface area contributed by atoms with Gasteiger partial charge in [-0.15, -0.1) is 0 Å². The molecule has 2 amide bonds. The molecule has 0 unspecified atom stereocenters. The Balaban J connectivity index is 1.41. The number of pyridine rings is 1. The number of ether oxygens (including phenoxy) is 2. The van der Waals surface area contributed by atoms with Gasteiger partial charge in [-0.3, -0.25) is 0 Å². The second kappa shape index (κ2) is 12.3. The minimum Gasteiger partial charge on any atom is -0.493 e. The molecule has 1 heterocycles. The van der Waals surface area contributed by atoms with Crippen LogP contribution < -0.4 is 25.4 Å². The van der Waals surface area contributed by atoms with Crippen molar-refractivity contribution in [1.29, 1.82) is 0 Å². The number of nitrogens with zero attached hydrogens (tertiary/aromatic N) is 1. The summed E-state index contributed by atoms with van der Waals surface area (Å²) in [4.78, 5) is 17.7. The normalized spacial score (nSPS) is 11.6. The highest BCUT2D eigenvalue weighted by molar-refractivity contribution is 7.90. The number of aromatic nitrogens is 1. The van der Waals surface area contributed by atoms with E-state index in [1.165, 1.54) is 7.11 Å². The first kappa shape index (κ1) is 30.4. The Kier molecular flexibility index (Phi) is 8.46. The van der Waals surface area contributed by atoms with Crippen molar-refractivity contribution < 1.29 is 22.7 Å². The van der Waals surface area contributed by atoms with Crippen LogP contribution in [0.15, 0.2) is 102 Å². The van der Waals surface area contributed by atoms with E-state index in [2.05, 4.69) is 20.9 Å². The van der Waals surface area contributed by atoms with Crippen LogP contribution in [0.5, 0.6) is 17.2 Å². The van der Waals surface area contributed by atoms with Gasteiger partial charge >= 0.3 is 6.03 Å². The number of sulfone groups is 1. The number of methoxy groups -OCH3 is 1. The Morgan fingerprint density at radius 1 is 0.818 bits per heavy atom. The first-order chi connectivity index (χ1) is 20.9. The van der Waals surface area contributed by atoms with Crippen LogP contribution in [0.2, 0.25) is 0 Å². The van der Waals surface area contributed by atoms with E-state index in [4.69, 9.17) is 9.47 Å². The van der Waals surface area contributed by atoms with E-state index >= 15 is 0 Å². The van der Waals surface area contributed by atoms with Gasteiger partial charge in [0.25, 0.3) is 0 Å². The van der Waals surface area contributed by atoms with Crippen LogP contribution in [0.1, 0.15) is 26.3 Å². The number of urea groups is 1. The predicted molar refractivity (Wildman–Crippen MR) is 175 cm³/mol. The largest absolute Gasteiger partial charge is 0.493 e. The number of hydrogen-bond donors (Lipinski definition) is 3. The quantitative estimate of drug-likeness (QED) is 0.162. The van der Waals surface area contributed by atoms with Crippen molar-refractivity contribution in [2.75, 3.05) is 29.3 Å². The molecule has 10 heteroatoms. The highest BCUT2D eigenvalue weighted by Crippen LogP contribution is 2.39. The van der Waals surface area contributed by atoms with E-state index in [9.17, 15) is 13.2 Å². The molecular weight excluding hydrogens is 576 g/mol. The predicted octanol–water partition coefficient (Wildman–Crippen LogP) is 8.12. The number of carbonyl (C=O) groups excluding carboxylic acids is 1. The third-order valence-corrected chi connectivity index (χ3v) is 8.01. The maximum absolute atomic E-state index is 13.3. The van der Waals surface area contributed by atoms with Gasteiger partial charge in [0, 0.05) is 35.0 Å². The van der Waals surface area contributed by atoms with Crippen LogP contribution >= 0.6 is 0 Å². The van der Waals surface area contributed by atoms with Crippen LogP contribution in [0.25, 0.3) is 10.8 Å². The topological polar surface area (TPSA) is 119 Å². The van der Waals surface area contributed by atoms with E-state index in [-0.39, 0.29) is 21.7 Å². The molecule has 3 N–H and O–H groups in total. The molecule has 0 aliphatic rings. The Hall–Kier alpha value is -5.09. The number of rotatable bonds is 8. The third-order valence-electron chi connectivity index (χ3n) is 6.91. The molecule has 0 radical (unpaired) electrons. The van der Waals surface area contributed by atoms with E-state index in [1.807, 2.05) is 81.4 Å². The highest BCUT2D eigenvalue weighted by atomic mass is 32.2. The number of carbonyl (C=O) groups is 1. The lowest BCUT2D eigenvalue weighted by Gasteiger charge is -2.23. The van der Waals surface area contributed by atoms with Crippen molar-refractivity contribution in [2.45, 2.75) is 31.1 Å². The van der Waals surface area contributed by atoms with E-state index in [0.29, 0.717) is 23.0 Å². The molecule has 0 saturated carbocycles. The summed E-state index contributed by atoms with van der Waals surface area (Å²) in [6.07, 6.45) is 2.78. The van der Waals surface area contributed by atoms with Gasteiger partial charge in [0.05, 0.1) is 18.5 Å². The smallest absolute Gasteiger partial charge is 0.323 e. The fourth-order valence-corrected chi connectivity index (χ4v) is 5.57. The second-order valence-electron chi connectivity index (χ2n) is 11.3. The molecule has 0 saturated heterocycles. The molecule has 0 fully saturated rings. The minimum absolute atomic E-state index is 0.00733. The molecule has 5 rings (SSSR count).